The van der Waals surface area contributed by atoms with Crippen LogP contribution in [0.1, 0.15) is 31.8 Å². The fourth-order valence-corrected chi connectivity index (χ4v) is 2.35. The maximum Gasteiger partial charge on any atom is 0.271 e. The van der Waals surface area contributed by atoms with Crippen LogP contribution in [-0.4, -0.2) is 34.5 Å². The van der Waals surface area contributed by atoms with E-state index in [-0.39, 0.29) is 23.3 Å². The number of aromatic hydroxyl groups is 2. The van der Waals surface area contributed by atoms with Gasteiger partial charge in [0.05, 0.1) is 12.4 Å². The molecule has 0 fully saturated rings. The zero-order valence-electron chi connectivity index (χ0n) is 15.7. The number of carbonyl (C=O) groups is 2. The normalized spacial score (nSPS) is 10.9. The van der Waals surface area contributed by atoms with Gasteiger partial charge < -0.3 is 10.2 Å². The molecule has 3 rings (SSSR count). The maximum absolute atomic E-state index is 11.9. The van der Waals surface area contributed by atoms with Crippen LogP contribution in [0.4, 0.5) is 0 Å². The molecule has 8 heteroatoms. The van der Waals surface area contributed by atoms with Gasteiger partial charge in [-0.3, -0.25) is 9.59 Å². The summed E-state index contributed by atoms with van der Waals surface area (Å²) in [5, 5.41) is 26.3. The molecule has 0 saturated carbocycles. The average Bonchev–Trinajstić information content (AvgIpc) is 2.75. The fourth-order valence-electron chi connectivity index (χ4n) is 2.35. The number of nitrogens with zero attached hydrogens (tertiary/aromatic N) is 2. The van der Waals surface area contributed by atoms with E-state index in [9.17, 15) is 19.8 Å². The van der Waals surface area contributed by atoms with Crippen molar-refractivity contribution in [3.05, 3.63) is 95.1 Å². The molecule has 0 atom stereocenters. The van der Waals surface area contributed by atoms with Crippen molar-refractivity contribution in [3.63, 3.8) is 0 Å². The van der Waals surface area contributed by atoms with Gasteiger partial charge in [-0.1, -0.05) is 24.3 Å². The Morgan fingerprint density at radius 3 is 1.27 bits per heavy atom. The SMILES string of the molecule is O=C(N/N=C\c1ccc(/C=N\NC(=O)c2ccc(O)cc2)cc1)c1ccc(O)cc1. The van der Waals surface area contributed by atoms with Crippen molar-refractivity contribution >= 4 is 24.2 Å². The number of carbonyl (C=O) groups excluding carboxylic acids is 2. The zero-order chi connectivity index (χ0) is 21.3. The van der Waals surface area contributed by atoms with Crippen molar-refractivity contribution in [2.75, 3.05) is 0 Å². The van der Waals surface area contributed by atoms with Crippen LogP contribution < -0.4 is 10.9 Å². The van der Waals surface area contributed by atoms with Gasteiger partial charge in [0.25, 0.3) is 11.8 Å². The van der Waals surface area contributed by atoms with Gasteiger partial charge in [0, 0.05) is 11.1 Å². The van der Waals surface area contributed by atoms with Crippen LogP contribution in [0.5, 0.6) is 11.5 Å². The average molecular weight is 402 g/mol. The van der Waals surface area contributed by atoms with E-state index >= 15 is 0 Å². The highest BCUT2D eigenvalue weighted by molar-refractivity contribution is 5.95. The summed E-state index contributed by atoms with van der Waals surface area (Å²) in [6, 6.07) is 18.8. The van der Waals surface area contributed by atoms with E-state index in [0.717, 1.165) is 11.1 Å². The van der Waals surface area contributed by atoms with Crippen LogP contribution >= 0.6 is 0 Å². The van der Waals surface area contributed by atoms with Crippen molar-refractivity contribution in [1.29, 1.82) is 0 Å². The molecule has 0 bridgehead atoms. The number of phenols is 2. The lowest BCUT2D eigenvalue weighted by atomic mass is 10.2. The minimum atomic E-state index is -0.389. The maximum atomic E-state index is 11.9. The summed E-state index contributed by atoms with van der Waals surface area (Å²) in [7, 11) is 0. The largest absolute Gasteiger partial charge is 0.508 e. The van der Waals surface area contributed by atoms with Gasteiger partial charge in [-0.15, -0.1) is 0 Å². The Morgan fingerprint density at radius 1 is 0.600 bits per heavy atom. The van der Waals surface area contributed by atoms with Gasteiger partial charge in [0.2, 0.25) is 0 Å². The predicted molar refractivity (Wildman–Crippen MR) is 113 cm³/mol. The Bertz CT molecular complexity index is 985. The third kappa shape index (κ3) is 5.77. The summed E-state index contributed by atoms with van der Waals surface area (Å²) in [5.74, 6) is -0.615. The number of phenolic OH excluding ortho intramolecular Hbond substituents is 2. The Hall–Kier alpha value is -4.46. The molecule has 3 aromatic carbocycles. The summed E-state index contributed by atoms with van der Waals surface area (Å²) in [4.78, 5) is 23.8. The monoisotopic (exact) mass is 402 g/mol. The molecule has 0 aliphatic rings. The van der Waals surface area contributed by atoms with Crippen LogP contribution in [0, 0.1) is 0 Å². The lowest BCUT2D eigenvalue weighted by Gasteiger charge is -2.01. The van der Waals surface area contributed by atoms with Crippen molar-refractivity contribution in [2.45, 2.75) is 0 Å². The van der Waals surface area contributed by atoms with E-state index in [2.05, 4.69) is 21.1 Å². The molecule has 3 aromatic rings. The van der Waals surface area contributed by atoms with E-state index in [1.807, 2.05) is 0 Å². The number of hydrogen-bond donors (Lipinski definition) is 4. The third-order valence-corrected chi connectivity index (χ3v) is 3.95. The summed E-state index contributed by atoms with van der Waals surface area (Å²) < 4.78 is 0. The van der Waals surface area contributed by atoms with Gasteiger partial charge in [-0.05, 0) is 59.7 Å². The van der Waals surface area contributed by atoms with E-state index in [1.54, 1.807) is 24.3 Å². The first-order valence-corrected chi connectivity index (χ1v) is 8.86. The standard InChI is InChI=1S/C22H18N4O4/c27-19-9-5-17(6-10-19)21(29)25-23-13-15-1-2-16(4-3-15)14-24-26-22(30)18-7-11-20(28)12-8-18/h1-14,27-28H,(H,25,29)(H,26,30)/b23-13-,24-14-. The van der Waals surface area contributed by atoms with E-state index in [1.165, 1.54) is 61.0 Å². The van der Waals surface area contributed by atoms with Crippen LogP contribution in [0.3, 0.4) is 0 Å². The number of nitrogens with one attached hydrogen (secondary N) is 2. The first-order valence-electron chi connectivity index (χ1n) is 8.86. The highest BCUT2D eigenvalue weighted by atomic mass is 16.3. The molecule has 8 nitrogen and oxygen atoms in total. The minimum Gasteiger partial charge on any atom is -0.508 e. The molecule has 0 aliphatic heterocycles. The van der Waals surface area contributed by atoms with Crippen LogP contribution in [-0.2, 0) is 0 Å². The summed E-state index contributed by atoms with van der Waals surface area (Å²) >= 11 is 0. The first kappa shape index (κ1) is 20.3. The lowest BCUT2D eigenvalue weighted by molar-refractivity contribution is 0.0947. The summed E-state index contributed by atoms with van der Waals surface area (Å²) in [6.07, 6.45) is 2.98. The van der Waals surface area contributed by atoms with E-state index in [0.29, 0.717) is 11.1 Å². The Morgan fingerprint density at radius 2 is 0.933 bits per heavy atom. The van der Waals surface area contributed by atoms with Gasteiger partial charge in [0.1, 0.15) is 11.5 Å². The number of hydrazone groups is 2. The van der Waals surface area contributed by atoms with Crippen molar-refractivity contribution in [1.82, 2.24) is 10.9 Å². The second-order valence-electron chi connectivity index (χ2n) is 6.16. The van der Waals surface area contributed by atoms with Gasteiger partial charge in [-0.2, -0.15) is 10.2 Å². The smallest absolute Gasteiger partial charge is 0.271 e. The molecule has 0 heterocycles. The van der Waals surface area contributed by atoms with Crippen molar-refractivity contribution in [2.24, 2.45) is 10.2 Å². The Balaban J connectivity index is 1.50. The number of rotatable bonds is 6. The molecule has 30 heavy (non-hydrogen) atoms. The van der Waals surface area contributed by atoms with Gasteiger partial charge in [0.15, 0.2) is 0 Å². The highest BCUT2D eigenvalue weighted by Crippen LogP contribution is 2.10. The molecular weight excluding hydrogens is 384 g/mol. The highest BCUT2D eigenvalue weighted by Gasteiger charge is 2.04. The molecule has 2 amide bonds. The minimum absolute atomic E-state index is 0.0820. The van der Waals surface area contributed by atoms with E-state index in [4.69, 9.17) is 0 Å². The molecule has 0 aromatic heterocycles. The van der Waals surface area contributed by atoms with Gasteiger partial charge >= 0.3 is 0 Å². The molecular formula is C22H18N4O4. The molecule has 0 radical (unpaired) electrons. The molecule has 4 N–H and O–H groups in total. The Kier molecular flexibility index (Phi) is 6.52. The zero-order valence-corrected chi connectivity index (χ0v) is 15.7. The van der Waals surface area contributed by atoms with Gasteiger partial charge in [-0.25, -0.2) is 10.9 Å². The third-order valence-electron chi connectivity index (χ3n) is 3.95. The Labute approximate surface area is 172 Å². The fraction of sp³-hybridized carbons (Fsp3) is 0. The predicted octanol–water partition coefficient (Wildman–Crippen LogP) is 2.63. The topological polar surface area (TPSA) is 123 Å². The second kappa shape index (κ2) is 9.65. The molecule has 0 saturated heterocycles. The molecule has 0 aliphatic carbocycles. The molecule has 0 spiro atoms. The number of hydrogen-bond acceptors (Lipinski definition) is 6. The van der Waals surface area contributed by atoms with Crippen LogP contribution in [0.15, 0.2) is 83.0 Å². The summed E-state index contributed by atoms with van der Waals surface area (Å²) in [6.45, 7) is 0. The van der Waals surface area contributed by atoms with Crippen molar-refractivity contribution in [3.8, 4) is 11.5 Å². The quantitative estimate of drug-likeness (QED) is 0.374. The van der Waals surface area contributed by atoms with E-state index < -0.39 is 0 Å². The van der Waals surface area contributed by atoms with Crippen LogP contribution in [0.25, 0.3) is 0 Å². The number of amides is 2. The molecule has 150 valence electrons. The second-order valence-corrected chi connectivity index (χ2v) is 6.16. The molecule has 0 unspecified atom stereocenters. The first-order chi connectivity index (χ1) is 14.5. The number of benzene rings is 3. The summed E-state index contributed by atoms with van der Waals surface area (Å²) in [5.41, 5.74) is 7.09. The lowest BCUT2D eigenvalue weighted by Crippen LogP contribution is -2.17. The van der Waals surface area contributed by atoms with Crippen molar-refractivity contribution < 1.29 is 19.8 Å². The van der Waals surface area contributed by atoms with Crippen LogP contribution in [0.2, 0.25) is 0 Å².